The van der Waals surface area contributed by atoms with Gasteiger partial charge in [0.2, 0.25) is 10.0 Å². The summed E-state index contributed by atoms with van der Waals surface area (Å²) in [5, 5.41) is 0.473. The minimum Gasteiger partial charge on any atom is -0.495 e. The van der Waals surface area contributed by atoms with Crippen molar-refractivity contribution in [2.45, 2.75) is 18.4 Å². The summed E-state index contributed by atoms with van der Waals surface area (Å²) in [6.45, 7) is 2.11. The molecule has 0 unspecified atom stereocenters. The third kappa shape index (κ3) is 5.93. The first-order valence-electron chi connectivity index (χ1n) is 10.3. The van der Waals surface area contributed by atoms with Crippen molar-refractivity contribution in [1.29, 1.82) is 0 Å². The van der Waals surface area contributed by atoms with Crippen LogP contribution in [-0.4, -0.2) is 38.2 Å². The number of nitrogens with zero attached hydrogens (tertiary/aromatic N) is 1. The van der Waals surface area contributed by atoms with Gasteiger partial charge in [0.1, 0.15) is 10.6 Å². The quantitative estimate of drug-likeness (QED) is 0.458. The number of hydrazine groups is 1. The molecule has 2 N–H and O–H groups in total. The van der Waals surface area contributed by atoms with E-state index in [2.05, 4.69) is 10.9 Å². The van der Waals surface area contributed by atoms with Gasteiger partial charge in [-0.05, 0) is 48.0 Å². The Morgan fingerprint density at radius 2 is 1.50 bits per heavy atom. The van der Waals surface area contributed by atoms with E-state index in [1.807, 2.05) is 30.3 Å². The minimum absolute atomic E-state index is 0.0338. The van der Waals surface area contributed by atoms with Crippen LogP contribution in [0.15, 0.2) is 77.7 Å². The Kier molecular flexibility index (Phi) is 8.27. The van der Waals surface area contributed by atoms with E-state index in [9.17, 15) is 18.0 Å². The molecule has 10 heteroatoms. The molecule has 0 aliphatic heterocycles. The number of rotatable bonds is 8. The summed E-state index contributed by atoms with van der Waals surface area (Å²) in [7, 11) is -2.64. The van der Waals surface area contributed by atoms with Gasteiger partial charge in [-0.2, -0.15) is 4.31 Å². The maximum Gasteiger partial charge on any atom is 0.269 e. The van der Waals surface area contributed by atoms with Crippen LogP contribution in [0.5, 0.6) is 5.75 Å². The zero-order chi connectivity index (χ0) is 24.7. The summed E-state index contributed by atoms with van der Waals surface area (Å²) in [4.78, 5) is 24.7. The first-order chi connectivity index (χ1) is 16.3. The zero-order valence-electron chi connectivity index (χ0n) is 18.6. The Hall–Kier alpha value is -3.40. The highest BCUT2D eigenvalue weighted by molar-refractivity contribution is 7.89. The van der Waals surface area contributed by atoms with Gasteiger partial charge in [0.15, 0.2) is 0 Å². The molecule has 0 bridgehead atoms. The van der Waals surface area contributed by atoms with Crippen molar-refractivity contribution in [2.75, 3.05) is 13.7 Å². The number of nitrogens with one attached hydrogen (secondary N) is 2. The maximum absolute atomic E-state index is 13.4. The second-order valence-electron chi connectivity index (χ2n) is 7.20. The number of benzene rings is 3. The summed E-state index contributed by atoms with van der Waals surface area (Å²) in [6.07, 6.45) is 0. The van der Waals surface area contributed by atoms with Crippen LogP contribution in [0.1, 0.15) is 33.2 Å². The van der Waals surface area contributed by atoms with Crippen LogP contribution < -0.4 is 15.6 Å². The summed E-state index contributed by atoms with van der Waals surface area (Å²) < 4.78 is 33.4. The number of halogens is 1. The molecule has 8 nitrogen and oxygen atoms in total. The van der Waals surface area contributed by atoms with Crippen molar-refractivity contribution in [3.8, 4) is 5.75 Å². The lowest BCUT2D eigenvalue weighted by Crippen LogP contribution is -2.41. The van der Waals surface area contributed by atoms with Crippen LogP contribution >= 0.6 is 11.6 Å². The fourth-order valence-corrected chi connectivity index (χ4v) is 4.92. The van der Waals surface area contributed by atoms with Gasteiger partial charge in [0.05, 0.1) is 7.11 Å². The van der Waals surface area contributed by atoms with Crippen LogP contribution in [-0.2, 0) is 16.6 Å². The van der Waals surface area contributed by atoms with Crippen LogP contribution in [0, 0.1) is 0 Å². The molecular formula is C24H24ClN3O5S. The van der Waals surface area contributed by atoms with Gasteiger partial charge in [-0.25, -0.2) is 8.42 Å². The molecule has 0 heterocycles. The van der Waals surface area contributed by atoms with Crippen molar-refractivity contribution in [2.24, 2.45) is 0 Å². The van der Waals surface area contributed by atoms with Gasteiger partial charge in [-0.3, -0.25) is 20.4 Å². The van der Waals surface area contributed by atoms with Gasteiger partial charge in [0, 0.05) is 29.2 Å². The van der Waals surface area contributed by atoms with Gasteiger partial charge < -0.3 is 4.74 Å². The molecule has 0 spiro atoms. The number of hydrogen-bond acceptors (Lipinski definition) is 5. The molecule has 3 aromatic carbocycles. The maximum atomic E-state index is 13.4. The highest BCUT2D eigenvalue weighted by Gasteiger charge is 2.28. The monoisotopic (exact) mass is 501 g/mol. The molecule has 0 aliphatic carbocycles. The summed E-state index contributed by atoms with van der Waals surface area (Å²) in [5.74, 6) is -1.13. The van der Waals surface area contributed by atoms with E-state index in [-0.39, 0.29) is 29.3 Å². The lowest BCUT2D eigenvalue weighted by molar-refractivity contribution is 0.0846. The fraction of sp³-hybridized carbons (Fsp3) is 0.167. The molecule has 0 aromatic heterocycles. The van der Waals surface area contributed by atoms with Crippen molar-refractivity contribution < 1.29 is 22.7 Å². The normalized spacial score (nSPS) is 11.2. The van der Waals surface area contributed by atoms with Crippen molar-refractivity contribution in [1.82, 2.24) is 15.2 Å². The molecule has 3 aromatic rings. The highest BCUT2D eigenvalue weighted by atomic mass is 35.5. The molecule has 3 rings (SSSR count). The first-order valence-corrected chi connectivity index (χ1v) is 12.2. The van der Waals surface area contributed by atoms with Gasteiger partial charge in [0.25, 0.3) is 11.8 Å². The molecule has 34 heavy (non-hydrogen) atoms. The molecule has 0 fully saturated rings. The average Bonchev–Trinajstić information content (AvgIpc) is 2.86. The number of ether oxygens (including phenoxy) is 1. The lowest BCUT2D eigenvalue weighted by Gasteiger charge is -2.22. The predicted molar refractivity (Wildman–Crippen MR) is 129 cm³/mol. The Morgan fingerprint density at radius 1 is 0.912 bits per heavy atom. The topological polar surface area (TPSA) is 105 Å². The number of carbonyl (C=O) groups excluding carboxylic acids is 2. The van der Waals surface area contributed by atoms with Crippen LogP contribution in [0.3, 0.4) is 0 Å². The molecule has 0 radical (unpaired) electrons. The van der Waals surface area contributed by atoms with Crippen molar-refractivity contribution >= 4 is 33.4 Å². The molecule has 2 amide bonds. The number of methoxy groups -OCH3 is 1. The third-order valence-corrected chi connectivity index (χ3v) is 7.19. The van der Waals surface area contributed by atoms with Gasteiger partial charge >= 0.3 is 0 Å². The summed E-state index contributed by atoms with van der Waals surface area (Å²) in [6, 6.07) is 19.3. The zero-order valence-corrected chi connectivity index (χ0v) is 20.2. The average molecular weight is 502 g/mol. The smallest absolute Gasteiger partial charge is 0.269 e. The standard InChI is InChI=1S/C24H24ClN3O5S/c1-3-28(16-17-7-5-4-6-8-17)34(31,32)22-15-19(11-14-21(22)33-2)24(30)27-26-23(29)18-9-12-20(25)13-10-18/h4-15H,3,16H2,1-2H3,(H,26,29)(H,27,30). The van der Waals surface area contributed by atoms with E-state index in [4.69, 9.17) is 16.3 Å². The van der Waals surface area contributed by atoms with Crippen LogP contribution in [0.25, 0.3) is 0 Å². The molecule has 178 valence electrons. The van der Waals surface area contributed by atoms with E-state index in [1.54, 1.807) is 19.1 Å². The van der Waals surface area contributed by atoms with E-state index in [0.717, 1.165) is 5.56 Å². The first kappa shape index (κ1) is 25.2. The molecule has 0 aliphatic rings. The SMILES string of the molecule is CCN(Cc1ccccc1)S(=O)(=O)c1cc(C(=O)NNC(=O)c2ccc(Cl)cc2)ccc1OC. The Bertz CT molecular complexity index is 1270. The van der Waals surface area contributed by atoms with Crippen molar-refractivity contribution in [3.05, 3.63) is 94.5 Å². The molecule has 0 atom stereocenters. The van der Waals surface area contributed by atoms with Crippen LogP contribution in [0.2, 0.25) is 5.02 Å². The molecular weight excluding hydrogens is 478 g/mol. The van der Waals surface area contributed by atoms with Crippen LogP contribution in [0.4, 0.5) is 0 Å². The highest BCUT2D eigenvalue weighted by Crippen LogP contribution is 2.29. The predicted octanol–water partition coefficient (Wildman–Crippen LogP) is 3.63. The Balaban J connectivity index is 1.81. The lowest BCUT2D eigenvalue weighted by atomic mass is 10.2. The van der Waals surface area contributed by atoms with E-state index < -0.39 is 21.8 Å². The summed E-state index contributed by atoms with van der Waals surface area (Å²) >= 11 is 5.81. The number of carbonyl (C=O) groups is 2. The van der Waals surface area contributed by atoms with Gasteiger partial charge in [-0.15, -0.1) is 0 Å². The van der Waals surface area contributed by atoms with E-state index >= 15 is 0 Å². The number of amides is 2. The number of sulfonamides is 1. The summed E-state index contributed by atoms with van der Waals surface area (Å²) in [5.41, 5.74) is 5.74. The third-order valence-electron chi connectivity index (χ3n) is 4.99. The van der Waals surface area contributed by atoms with Crippen molar-refractivity contribution in [3.63, 3.8) is 0 Å². The second kappa shape index (κ2) is 11.1. The van der Waals surface area contributed by atoms with Gasteiger partial charge in [-0.1, -0.05) is 48.9 Å². The largest absolute Gasteiger partial charge is 0.495 e. The number of hydrogen-bond donors (Lipinski definition) is 2. The Morgan fingerprint density at radius 3 is 2.09 bits per heavy atom. The van der Waals surface area contributed by atoms with E-state index in [1.165, 1.54) is 41.7 Å². The molecule has 0 saturated carbocycles. The molecule has 0 saturated heterocycles. The Labute approximate surface area is 203 Å². The minimum atomic E-state index is -4.00. The fourth-order valence-electron chi connectivity index (χ4n) is 3.17. The van der Waals surface area contributed by atoms with E-state index in [0.29, 0.717) is 10.6 Å². The second-order valence-corrected chi connectivity index (χ2v) is 9.54.